The van der Waals surface area contributed by atoms with Crippen LogP contribution in [0, 0.1) is 24.7 Å². The summed E-state index contributed by atoms with van der Waals surface area (Å²) in [6.45, 7) is 7.09. The number of rotatable bonds is 1. The van der Waals surface area contributed by atoms with Crippen LogP contribution in [0.1, 0.15) is 51.6 Å². The highest BCUT2D eigenvalue weighted by molar-refractivity contribution is 6.39. The highest BCUT2D eigenvalue weighted by atomic mass is 16.2. The summed E-state index contributed by atoms with van der Waals surface area (Å²) in [5, 5.41) is 6.99. The summed E-state index contributed by atoms with van der Waals surface area (Å²) in [5.74, 6) is -0.574. The second-order valence-corrected chi connectivity index (χ2v) is 8.84. The molecule has 1 aromatic heterocycles. The minimum atomic E-state index is -0.719. The molecule has 3 atom stereocenters. The van der Waals surface area contributed by atoms with Crippen LogP contribution in [-0.2, 0) is 14.4 Å². The Hall–Kier alpha value is -2.84. The van der Waals surface area contributed by atoms with E-state index < -0.39 is 11.8 Å². The summed E-state index contributed by atoms with van der Waals surface area (Å²) in [6.07, 6.45) is 4.59. The first-order valence-electron chi connectivity index (χ1n) is 10.7. The monoisotopic (exact) mass is 412 g/mol. The van der Waals surface area contributed by atoms with E-state index in [1.54, 1.807) is 17.9 Å². The zero-order valence-corrected chi connectivity index (χ0v) is 17.7. The van der Waals surface area contributed by atoms with E-state index in [2.05, 4.69) is 34.2 Å². The van der Waals surface area contributed by atoms with E-state index in [1.807, 2.05) is 0 Å². The van der Waals surface area contributed by atoms with Gasteiger partial charge < -0.3 is 10.2 Å². The Morgan fingerprint density at radius 2 is 1.87 bits per heavy atom. The number of hydrogen-bond acceptors (Lipinski definition) is 5. The minimum absolute atomic E-state index is 0.143. The Morgan fingerprint density at radius 3 is 2.60 bits per heavy atom. The van der Waals surface area contributed by atoms with Crippen molar-refractivity contribution in [1.29, 1.82) is 0 Å². The number of aliphatic imine (C=N–C) groups is 2. The van der Waals surface area contributed by atoms with Crippen molar-refractivity contribution in [2.45, 2.75) is 52.9 Å². The summed E-state index contributed by atoms with van der Waals surface area (Å²) in [7, 11) is 0. The van der Waals surface area contributed by atoms with Gasteiger partial charge in [-0.2, -0.15) is 14.8 Å². The molecule has 1 aromatic rings. The van der Waals surface area contributed by atoms with E-state index in [1.165, 1.54) is 4.68 Å². The van der Waals surface area contributed by atoms with Gasteiger partial charge in [-0.15, -0.1) is 0 Å². The Balaban J connectivity index is 1.54. The topological polar surface area (TPSA) is 109 Å². The van der Waals surface area contributed by atoms with Crippen molar-refractivity contribution >= 4 is 35.2 Å². The molecule has 2 fully saturated rings. The number of hydrogen-bond donors (Lipinski definition) is 1. The fraction of sp³-hybridized carbons (Fsp3) is 0.619. The van der Waals surface area contributed by atoms with Crippen molar-refractivity contribution in [1.82, 2.24) is 14.7 Å². The molecule has 1 saturated heterocycles. The molecular formula is C21H28N6O3. The lowest BCUT2D eigenvalue weighted by molar-refractivity contribution is -0.145. The van der Waals surface area contributed by atoms with Gasteiger partial charge in [0.2, 0.25) is 0 Å². The number of anilines is 1. The smallest absolute Gasteiger partial charge is 0.315 e. The van der Waals surface area contributed by atoms with Crippen LogP contribution >= 0.6 is 0 Å². The standard InChI is InChI=1S/C21H28N6O3/c1-12-8-13(2)11-26(10-12)20(30)19(29)23-17-9-14(3)25-27(17)21-22-16-7-5-4-6-15(16)18(28)24-21/h9,12-13,15H,4-8,10-11H2,1-3H3,(H,23,29). The van der Waals surface area contributed by atoms with Gasteiger partial charge in [0.05, 0.1) is 11.6 Å². The summed E-state index contributed by atoms with van der Waals surface area (Å²) < 4.78 is 1.34. The van der Waals surface area contributed by atoms with Crippen molar-refractivity contribution in [2.24, 2.45) is 27.7 Å². The van der Waals surface area contributed by atoms with Crippen LogP contribution in [0.3, 0.4) is 0 Å². The van der Waals surface area contributed by atoms with E-state index in [-0.39, 0.29) is 23.6 Å². The second-order valence-electron chi connectivity index (χ2n) is 8.84. The van der Waals surface area contributed by atoms with Crippen LogP contribution in [-0.4, -0.2) is 57.2 Å². The molecule has 2 aliphatic heterocycles. The molecule has 0 spiro atoms. The fourth-order valence-electron chi connectivity index (χ4n) is 4.70. The van der Waals surface area contributed by atoms with Gasteiger partial charge in [0.25, 0.3) is 11.9 Å². The molecule has 0 bridgehead atoms. The molecule has 3 unspecified atom stereocenters. The maximum Gasteiger partial charge on any atom is 0.315 e. The summed E-state index contributed by atoms with van der Waals surface area (Å²) >= 11 is 0. The molecule has 1 N–H and O–H groups in total. The lowest BCUT2D eigenvalue weighted by Crippen LogP contribution is -2.47. The van der Waals surface area contributed by atoms with Crippen LogP contribution in [0.25, 0.3) is 0 Å². The molecule has 3 amide bonds. The number of amides is 3. The minimum Gasteiger partial charge on any atom is -0.334 e. The van der Waals surface area contributed by atoms with Crippen molar-refractivity contribution in [3.63, 3.8) is 0 Å². The van der Waals surface area contributed by atoms with Crippen molar-refractivity contribution in [3.8, 4) is 0 Å². The maximum atomic E-state index is 12.7. The largest absolute Gasteiger partial charge is 0.334 e. The van der Waals surface area contributed by atoms with Gasteiger partial charge in [-0.1, -0.05) is 20.3 Å². The molecule has 0 aromatic carbocycles. The third-order valence-electron chi connectivity index (χ3n) is 5.94. The first-order valence-corrected chi connectivity index (χ1v) is 10.7. The maximum absolute atomic E-state index is 12.7. The zero-order chi connectivity index (χ0) is 21.4. The lowest BCUT2D eigenvalue weighted by atomic mass is 9.86. The quantitative estimate of drug-likeness (QED) is 0.712. The van der Waals surface area contributed by atoms with Crippen molar-refractivity contribution in [3.05, 3.63) is 11.8 Å². The SMILES string of the molecule is Cc1cc(NC(=O)C(=O)N2CC(C)CC(C)C2)n(C2=NC(=O)C3CCCCC3=N2)n1. The fourth-order valence-corrected chi connectivity index (χ4v) is 4.70. The molecule has 0 radical (unpaired) electrons. The van der Waals surface area contributed by atoms with Gasteiger partial charge >= 0.3 is 11.8 Å². The van der Waals surface area contributed by atoms with E-state index in [9.17, 15) is 14.4 Å². The molecular weight excluding hydrogens is 384 g/mol. The van der Waals surface area contributed by atoms with Crippen LogP contribution in [0.15, 0.2) is 16.1 Å². The number of aryl methyl sites for hydroxylation is 1. The van der Waals surface area contributed by atoms with E-state index in [0.717, 1.165) is 37.8 Å². The molecule has 1 saturated carbocycles. The first-order chi connectivity index (χ1) is 14.3. The van der Waals surface area contributed by atoms with Crippen LogP contribution < -0.4 is 5.32 Å². The highest BCUT2D eigenvalue weighted by Gasteiger charge is 2.33. The predicted molar refractivity (Wildman–Crippen MR) is 112 cm³/mol. The van der Waals surface area contributed by atoms with Crippen molar-refractivity contribution < 1.29 is 14.4 Å². The summed E-state index contributed by atoms with van der Waals surface area (Å²) in [5.41, 5.74) is 1.45. The molecule has 9 nitrogen and oxygen atoms in total. The van der Waals surface area contributed by atoms with Gasteiger partial charge in [-0.05, 0) is 44.4 Å². The summed E-state index contributed by atoms with van der Waals surface area (Å²) in [6, 6.07) is 1.65. The number of aromatic nitrogens is 2. The average molecular weight is 412 g/mol. The van der Waals surface area contributed by atoms with Gasteiger partial charge in [0.15, 0.2) is 0 Å². The van der Waals surface area contributed by atoms with Crippen LogP contribution in [0.5, 0.6) is 0 Å². The first kappa shape index (κ1) is 20.4. The second kappa shape index (κ2) is 8.12. The van der Waals surface area contributed by atoms with Gasteiger partial charge in [0, 0.05) is 24.9 Å². The molecule has 3 heterocycles. The summed E-state index contributed by atoms with van der Waals surface area (Å²) in [4.78, 5) is 48.1. The molecule has 30 heavy (non-hydrogen) atoms. The average Bonchev–Trinajstić information content (AvgIpc) is 3.06. The van der Waals surface area contributed by atoms with Gasteiger partial charge in [0.1, 0.15) is 5.82 Å². The van der Waals surface area contributed by atoms with E-state index in [0.29, 0.717) is 30.6 Å². The van der Waals surface area contributed by atoms with Gasteiger partial charge in [-0.25, -0.2) is 4.99 Å². The van der Waals surface area contributed by atoms with Gasteiger partial charge in [-0.3, -0.25) is 14.4 Å². The molecule has 3 aliphatic rings. The molecule has 9 heteroatoms. The number of carbonyl (C=O) groups is 3. The van der Waals surface area contributed by atoms with Crippen molar-refractivity contribution in [2.75, 3.05) is 18.4 Å². The number of nitrogens with one attached hydrogen (secondary N) is 1. The Labute approximate surface area is 175 Å². The number of carbonyl (C=O) groups excluding carboxylic acids is 3. The Bertz CT molecular complexity index is 937. The number of nitrogens with zero attached hydrogens (tertiary/aromatic N) is 5. The predicted octanol–water partition coefficient (Wildman–Crippen LogP) is 2.01. The highest BCUT2D eigenvalue weighted by Crippen LogP contribution is 2.27. The Kier molecular flexibility index (Phi) is 5.53. The molecule has 1 aliphatic carbocycles. The molecule has 4 rings (SSSR count). The third kappa shape index (κ3) is 4.06. The number of likely N-dealkylation sites (tertiary alicyclic amines) is 1. The number of fused-ring (bicyclic) bond motifs is 1. The van der Waals surface area contributed by atoms with Crippen LogP contribution in [0.4, 0.5) is 5.82 Å². The zero-order valence-electron chi connectivity index (χ0n) is 17.7. The number of piperidine rings is 1. The van der Waals surface area contributed by atoms with E-state index >= 15 is 0 Å². The van der Waals surface area contributed by atoms with E-state index in [4.69, 9.17) is 0 Å². The third-order valence-corrected chi connectivity index (χ3v) is 5.94. The molecule has 160 valence electrons. The van der Waals surface area contributed by atoms with Crippen LogP contribution in [0.2, 0.25) is 0 Å². The Morgan fingerprint density at radius 1 is 1.13 bits per heavy atom. The normalized spacial score (nSPS) is 26.6. The lowest BCUT2D eigenvalue weighted by Gasteiger charge is -2.34.